The van der Waals surface area contributed by atoms with Gasteiger partial charge in [-0.05, 0) is 24.3 Å². The first-order chi connectivity index (χ1) is 9.08. The van der Waals surface area contributed by atoms with E-state index in [1.807, 2.05) is 24.4 Å². The number of hydrogen-bond acceptors (Lipinski definition) is 3. The Morgan fingerprint density at radius 2 is 2.16 bits per heavy atom. The smallest absolute Gasteiger partial charge is 0.157 e. The Balaban J connectivity index is 2.26. The fraction of sp³-hybridized carbons (Fsp3) is 0.286. The normalized spacial score (nSPS) is 11.6. The van der Waals surface area contributed by atoms with Crippen molar-refractivity contribution < 1.29 is 0 Å². The number of halogens is 1. The Labute approximate surface area is 120 Å². The van der Waals surface area contributed by atoms with Crippen LogP contribution in [0.15, 0.2) is 23.6 Å². The predicted octanol–water partition coefficient (Wildman–Crippen LogP) is 4.54. The Morgan fingerprint density at radius 3 is 2.79 bits per heavy atom. The van der Waals surface area contributed by atoms with Crippen molar-refractivity contribution in [3.8, 4) is 10.6 Å². The molecule has 3 aromatic heterocycles. The SMILES string of the molecule is Cc1nc2cc(-c3cccs3)nn2c(Cl)c1C(C)C. The lowest BCUT2D eigenvalue weighted by Gasteiger charge is -2.11. The molecule has 0 saturated carbocycles. The zero-order chi connectivity index (χ0) is 13.6. The van der Waals surface area contributed by atoms with Crippen LogP contribution in [0.25, 0.3) is 16.2 Å². The first-order valence-electron chi connectivity index (χ1n) is 6.17. The van der Waals surface area contributed by atoms with E-state index in [2.05, 4.69) is 30.0 Å². The summed E-state index contributed by atoms with van der Waals surface area (Å²) in [5, 5.41) is 7.28. The number of rotatable bonds is 2. The maximum Gasteiger partial charge on any atom is 0.157 e. The van der Waals surface area contributed by atoms with Gasteiger partial charge in [-0.3, -0.25) is 0 Å². The summed E-state index contributed by atoms with van der Waals surface area (Å²) in [4.78, 5) is 5.74. The molecule has 0 saturated heterocycles. The van der Waals surface area contributed by atoms with Gasteiger partial charge in [-0.25, -0.2) is 9.50 Å². The lowest BCUT2D eigenvalue weighted by molar-refractivity contribution is 0.808. The van der Waals surface area contributed by atoms with Crippen molar-refractivity contribution in [2.75, 3.05) is 0 Å². The minimum absolute atomic E-state index is 0.332. The van der Waals surface area contributed by atoms with Crippen LogP contribution < -0.4 is 0 Å². The second-order valence-electron chi connectivity index (χ2n) is 4.83. The van der Waals surface area contributed by atoms with Crippen molar-refractivity contribution in [2.24, 2.45) is 0 Å². The number of hydrogen-bond donors (Lipinski definition) is 0. The van der Waals surface area contributed by atoms with Gasteiger partial charge in [0.15, 0.2) is 5.65 Å². The van der Waals surface area contributed by atoms with Crippen molar-refractivity contribution in [3.63, 3.8) is 0 Å². The molecule has 0 radical (unpaired) electrons. The van der Waals surface area contributed by atoms with Gasteiger partial charge in [0.2, 0.25) is 0 Å². The Kier molecular flexibility index (Phi) is 3.07. The minimum atomic E-state index is 0.332. The molecular weight excluding hydrogens is 278 g/mol. The van der Waals surface area contributed by atoms with Crippen LogP contribution in [-0.2, 0) is 0 Å². The fourth-order valence-corrected chi connectivity index (χ4v) is 3.45. The van der Waals surface area contributed by atoms with Crippen molar-refractivity contribution in [3.05, 3.63) is 40.0 Å². The highest BCUT2D eigenvalue weighted by molar-refractivity contribution is 7.13. The summed E-state index contributed by atoms with van der Waals surface area (Å²) in [6, 6.07) is 6.05. The molecule has 0 aliphatic rings. The first-order valence-corrected chi connectivity index (χ1v) is 7.43. The highest BCUT2D eigenvalue weighted by atomic mass is 35.5. The molecule has 0 bridgehead atoms. The van der Waals surface area contributed by atoms with Crippen molar-refractivity contribution in [1.29, 1.82) is 0 Å². The minimum Gasteiger partial charge on any atom is -0.233 e. The number of aromatic nitrogens is 3. The van der Waals surface area contributed by atoms with E-state index in [4.69, 9.17) is 11.6 Å². The van der Waals surface area contributed by atoms with Gasteiger partial charge >= 0.3 is 0 Å². The first kappa shape index (κ1) is 12.6. The second-order valence-corrected chi connectivity index (χ2v) is 6.14. The van der Waals surface area contributed by atoms with Crippen LogP contribution in [0.5, 0.6) is 0 Å². The number of nitrogens with zero attached hydrogens (tertiary/aromatic N) is 3. The second kappa shape index (κ2) is 4.62. The van der Waals surface area contributed by atoms with Crippen LogP contribution in [0.4, 0.5) is 0 Å². The highest BCUT2D eigenvalue weighted by Crippen LogP contribution is 2.30. The monoisotopic (exact) mass is 291 g/mol. The Bertz CT molecular complexity index is 729. The van der Waals surface area contributed by atoms with Crippen LogP contribution >= 0.6 is 22.9 Å². The van der Waals surface area contributed by atoms with Crippen molar-refractivity contribution in [1.82, 2.24) is 14.6 Å². The topological polar surface area (TPSA) is 30.2 Å². The third-order valence-electron chi connectivity index (χ3n) is 3.12. The van der Waals surface area contributed by atoms with Crippen LogP contribution in [0.1, 0.15) is 31.0 Å². The van der Waals surface area contributed by atoms with E-state index in [0.717, 1.165) is 27.5 Å². The van der Waals surface area contributed by atoms with E-state index in [0.29, 0.717) is 11.1 Å². The summed E-state index contributed by atoms with van der Waals surface area (Å²) in [6.07, 6.45) is 0. The van der Waals surface area contributed by atoms with Gasteiger partial charge < -0.3 is 0 Å². The number of thiophene rings is 1. The summed E-state index contributed by atoms with van der Waals surface area (Å²) in [7, 11) is 0. The van der Waals surface area contributed by atoms with E-state index >= 15 is 0 Å². The van der Waals surface area contributed by atoms with Gasteiger partial charge in [-0.2, -0.15) is 5.10 Å². The van der Waals surface area contributed by atoms with Crippen molar-refractivity contribution >= 4 is 28.6 Å². The molecule has 0 aromatic carbocycles. The standard InChI is InChI=1S/C14H14ClN3S/c1-8(2)13-9(3)16-12-7-10(11-5-4-6-19-11)17-18(12)14(13)15/h4-8H,1-3H3. The van der Waals surface area contributed by atoms with Gasteiger partial charge in [0.1, 0.15) is 10.8 Å². The molecular formula is C14H14ClN3S. The van der Waals surface area contributed by atoms with E-state index < -0.39 is 0 Å². The molecule has 98 valence electrons. The zero-order valence-corrected chi connectivity index (χ0v) is 12.6. The molecule has 0 aliphatic heterocycles. The summed E-state index contributed by atoms with van der Waals surface area (Å²) in [6.45, 7) is 6.23. The molecule has 3 heterocycles. The molecule has 3 rings (SSSR count). The average molecular weight is 292 g/mol. The lowest BCUT2D eigenvalue weighted by atomic mass is 10.0. The van der Waals surface area contributed by atoms with Crippen molar-refractivity contribution in [2.45, 2.75) is 26.7 Å². The molecule has 0 atom stereocenters. The summed E-state index contributed by atoms with van der Waals surface area (Å²) in [5.41, 5.74) is 3.76. The molecule has 0 amide bonds. The van der Waals surface area contributed by atoms with Gasteiger partial charge in [-0.15, -0.1) is 11.3 Å². The van der Waals surface area contributed by atoms with Gasteiger partial charge in [0.25, 0.3) is 0 Å². The summed E-state index contributed by atoms with van der Waals surface area (Å²) in [5.74, 6) is 0.332. The van der Waals surface area contributed by atoms with Crippen LogP contribution in [0.2, 0.25) is 5.15 Å². The molecule has 19 heavy (non-hydrogen) atoms. The Hall–Kier alpha value is -1.39. The molecule has 0 N–H and O–H groups in total. The maximum absolute atomic E-state index is 6.48. The molecule has 0 unspecified atom stereocenters. The van der Waals surface area contributed by atoms with Crippen LogP contribution in [0, 0.1) is 6.92 Å². The maximum atomic E-state index is 6.48. The molecule has 3 nitrogen and oxygen atoms in total. The Morgan fingerprint density at radius 1 is 1.37 bits per heavy atom. The molecule has 0 fully saturated rings. The third kappa shape index (κ3) is 2.05. The van der Waals surface area contributed by atoms with Gasteiger partial charge in [0, 0.05) is 17.3 Å². The third-order valence-corrected chi connectivity index (χ3v) is 4.38. The number of aryl methyl sites for hydroxylation is 1. The quantitative estimate of drug-likeness (QED) is 0.649. The van der Waals surface area contributed by atoms with E-state index in [1.165, 1.54) is 0 Å². The highest BCUT2D eigenvalue weighted by Gasteiger charge is 2.16. The van der Waals surface area contributed by atoms with Gasteiger partial charge in [-0.1, -0.05) is 31.5 Å². The fourth-order valence-electron chi connectivity index (χ4n) is 2.29. The van der Waals surface area contributed by atoms with E-state index in [9.17, 15) is 0 Å². The van der Waals surface area contributed by atoms with Crippen LogP contribution in [0.3, 0.4) is 0 Å². The molecule has 5 heteroatoms. The van der Waals surface area contributed by atoms with E-state index in [1.54, 1.807) is 15.9 Å². The summed E-state index contributed by atoms with van der Waals surface area (Å²) < 4.78 is 1.74. The molecule has 0 aliphatic carbocycles. The molecule has 3 aromatic rings. The average Bonchev–Trinajstić information content (AvgIpc) is 2.94. The zero-order valence-electron chi connectivity index (χ0n) is 11.0. The van der Waals surface area contributed by atoms with Gasteiger partial charge in [0.05, 0.1) is 4.88 Å². The largest absolute Gasteiger partial charge is 0.233 e. The molecule has 0 spiro atoms. The number of fused-ring (bicyclic) bond motifs is 1. The van der Waals surface area contributed by atoms with Crippen LogP contribution in [-0.4, -0.2) is 14.6 Å². The van der Waals surface area contributed by atoms with E-state index in [-0.39, 0.29) is 0 Å². The predicted molar refractivity (Wildman–Crippen MR) is 80.1 cm³/mol. The summed E-state index contributed by atoms with van der Waals surface area (Å²) >= 11 is 8.15. The lowest BCUT2D eigenvalue weighted by Crippen LogP contribution is -2.03.